The molecule has 2 aliphatic rings. The molecule has 1 aliphatic heterocycles. The van der Waals surface area contributed by atoms with E-state index in [9.17, 15) is 4.79 Å². The van der Waals surface area contributed by atoms with Crippen molar-refractivity contribution >= 4 is 5.91 Å². The Balaban J connectivity index is 1.98. The number of carbonyl (C=O) groups is 1. The molecular weight excluding hydrogens is 192 g/mol. The Labute approximate surface area is 90.8 Å². The van der Waals surface area contributed by atoms with Gasteiger partial charge in [0.25, 0.3) is 0 Å². The minimum Gasteiger partial charge on any atom is -0.380 e. The van der Waals surface area contributed by atoms with Gasteiger partial charge in [0.1, 0.15) is 0 Å². The molecule has 0 radical (unpaired) electrons. The van der Waals surface area contributed by atoms with Gasteiger partial charge < -0.3 is 15.4 Å². The van der Waals surface area contributed by atoms with Gasteiger partial charge in [0.15, 0.2) is 0 Å². The molecule has 0 aromatic carbocycles. The summed E-state index contributed by atoms with van der Waals surface area (Å²) in [4.78, 5) is 14.1. The Morgan fingerprint density at radius 2 is 2.13 bits per heavy atom. The number of nitrogens with zero attached hydrogens (tertiary/aromatic N) is 1. The second-order valence-corrected chi connectivity index (χ2v) is 4.82. The number of hydrogen-bond acceptors (Lipinski definition) is 3. The van der Waals surface area contributed by atoms with Crippen LogP contribution in [-0.2, 0) is 9.53 Å². The van der Waals surface area contributed by atoms with Crippen LogP contribution >= 0.6 is 0 Å². The molecule has 1 saturated carbocycles. The van der Waals surface area contributed by atoms with Gasteiger partial charge in [0, 0.05) is 19.7 Å². The highest BCUT2D eigenvalue weighted by Gasteiger charge is 2.45. The summed E-state index contributed by atoms with van der Waals surface area (Å²) in [6, 6.07) is 0. The van der Waals surface area contributed by atoms with Gasteiger partial charge in [-0.05, 0) is 32.1 Å². The molecule has 0 aromatic rings. The first-order chi connectivity index (χ1) is 7.12. The van der Waals surface area contributed by atoms with E-state index in [-0.39, 0.29) is 5.91 Å². The normalized spacial score (nSPS) is 26.9. The molecular formula is C11H20N2O2. The lowest BCUT2D eigenvalue weighted by Gasteiger charge is -2.30. The van der Waals surface area contributed by atoms with Crippen molar-refractivity contribution in [3.8, 4) is 0 Å². The van der Waals surface area contributed by atoms with Crippen LogP contribution in [-0.4, -0.2) is 42.6 Å². The molecule has 4 heteroatoms. The number of nitrogens with two attached hydrogens (primary N) is 1. The summed E-state index contributed by atoms with van der Waals surface area (Å²) < 4.78 is 5.33. The Morgan fingerprint density at radius 3 is 2.80 bits per heavy atom. The number of carbonyl (C=O) groups excluding carboxylic acids is 1. The zero-order chi connectivity index (χ0) is 10.9. The zero-order valence-electron chi connectivity index (χ0n) is 9.37. The van der Waals surface area contributed by atoms with Crippen molar-refractivity contribution in [2.75, 3.05) is 26.3 Å². The topological polar surface area (TPSA) is 55.6 Å². The van der Waals surface area contributed by atoms with E-state index in [0.29, 0.717) is 19.1 Å². The second-order valence-electron chi connectivity index (χ2n) is 4.82. The third-order valence-electron chi connectivity index (χ3n) is 3.40. The van der Waals surface area contributed by atoms with E-state index in [0.717, 1.165) is 32.4 Å². The average Bonchev–Trinajstić information content (AvgIpc) is 3.03. The van der Waals surface area contributed by atoms with Crippen molar-refractivity contribution < 1.29 is 9.53 Å². The highest BCUT2D eigenvalue weighted by Crippen LogP contribution is 2.39. The van der Waals surface area contributed by atoms with Crippen molar-refractivity contribution in [1.82, 2.24) is 4.90 Å². The van der Waals surface area contributed by atoms with Gasteiger partial charge >= 0.3 is 0 Å². The first-order valence-electron chi connectivity index (χ1n) is 5.78. The first kappa shape index (κ1) is 10.9. The Hall–Kier alpha value is -0.610. The maximum absolute atomic E-state index is 12.2. The molecule has 86 valence electrons. The summed E-state index contributed by atoms with van der Waals surface area (Å²) in [6.07, 6.45) is 3.12. The number of hydrogen-bond donors (Lipinski definition) is 1. The van der Waals surface area contributed by atoms with Gasteiger partial charge in [-0.25, -0.2) is 0 Å². The molecule has 1 heterocycles. The van der Waals surface area contributed by atoms with Crippen LogP contribution in [0.1, 0.15) is 26.2 Å². The van der Waals surface area contributed by atoms with Gasteiger partial charge in [-0.3, -0.25) is 4.79 Å². The van der Waals surface area contributed by atoms with Crippen LogP contribution in [0.2, 0.25) is 0 Å². The van der Waals surface area contributed by atoms with Gasteiger partial charge in [0.2, 0.25) is 5.91 Å². The predicted octanol–water partition coefficient (Wildman–Crippen LogP) is 0.363. The fraction of sp³-hybridized carbons (Fsp3) is 0.909. The minimum atomic E-state index is -0.648. The molecule has 1 saturated heterocycles. The lowest BCUT2D eigenvalue weighted by Crippen LogP contribution is -2.55. The zero-order valence-corrected chi connectivity index (χ0v) is 9.37. The van der Waals surface area contributed by atoms with Crippen molar-refractivity contribution in [2.24, 2.45) is 11.7 Å². The highest BCUT2D eigenvalue weighted by atomic mass is 16.5. The Bertz CT molecular complexity index is 241. The second kappa shape index (κ2) is 4.10. The number of ether oxygens (including phenoxy) is 1. The van der Waals surface area contributed by atoms with Gasteiger partial charge in [-0.15, -0.1) is 0 Å². The van der Waals surface area contributed by atoms with Crippen LogP contribution in [0.15, 0.2) is 0 Å². The summed E-state index contributed by atoms with van der Waals surface area (Å²) in [7, 11) is 0. The number of amides is 1. The molecule has 0 aromatic heterocycles. The third kappa shape index (κ3) is 2.32. The van der Waals surface area contributed by atoms with Crippen molar-refractivity contribution in [1.29, 1.82) is 0 Å². The van der Waals surface area contributed by atoms with Crippen molar-refractivity contribution in [3.63, 3.8) is 0 Å². The van der Waals surface area contributed by atoms with Crippen LogP contribution in [0.3, 0.4) is 0 Å². The largest absolute Gasteiger partial charge is 0.380 e. The fourth-order valence-corrected chi connectivity index (χ4v) is 2.15. The number of rotatable bonds is 2. The van der Waals surface area contributed by atoms with E-state index in [1.807, 2.05) is 11.8 Å². The van der Waals surface area contributed by atoms with E-state index in [2.05, 4.69) is 0 Å². The molecule has 1 atom stereocenters. The van der Waals surface area contributed by atoms with Gasteiger partial charge in [-0.1, -0.05) is 0 Å². The summed E-state index contributed by atoms with van der Waals surface area (Å²) in [5.41, 5.74) is 5.47. The maximum Gasteiger partial charge on any atom is 0.242 e. The van der Waals surface area contributed by atoms with Crippen LogP contribution in [0.25, 0.3) is 0 Å². The molecule has 15 heavy (non-hydrogen) atoms. The van der Waals surface area contributed by atoms with Gasteiger partial charge in [0.05, 0.1) is 12.1 Å². The monoisotopic (exact) mass is 212 g/mol. The molecule has 1 amide bonds. The van der Waals surface area contributed by atoms with E-state index >= 15 is 0 Å². The molecule has 1 unspecified atom stereocenters. The van der Waals surface area contributed by atoms with Crippen molar-refractivity contribution in [2.45, 2.75) is 31.7 Å². The minimum absolute atomic E-state index is 0.107. The predicted molar refractivity (Wildman–Crippen MR) is 57.3 cm³/mol. The Kier molecular flexibility index (Phi) is 2.98. The Morgan fingerprint density at radius 1 is 1.40 bits per heavy atom. The lowest BCUT2D eigenvalue weighted by molar-refractivity contribution is -0.137. The van der Waals surface area contributed by atoms with E-state index in [4.69, 9.17) is 10.5 Å². The SMILES string of the molecule is CC(N)(C(=O)N1CCCOCC1)C1CC1. The lowest BCUT2D eigenvalue weighted by atomic mass is 9.95. The van der Waals surface area contributed by atoms with Crippen LogP contribution < -0.4 is 5.73 Å². The first-order valence-corrected chi connectivity index (χ1v) is 5.78. The molecule has 1 aliphatic carbocycles. The summed E-state index contributed by atoms with van der Waals surface area (Å²) in [5, 5.41) is 0. The quantitative estimate of drug-likeness (QED) is 0.719. The molecule has 4 nitrogen and oxygen atoms in total. The van der Waals surface area contributed by atoms with Crippen LogP contribution in [0.4, 0.5) is 0 Å². The van der Waals surface area contributed by atoms with E-state index in [1.165, 1.54) is 0 Å². The molecule has 0 spiro atoms. The molecule has 2 rings (SSSR count). The van der Waals surface area contributed by atoms with Gasteiger partial charge in [-0.2, -0.15) is 0 Å². The smallest absolute Gasteiger partial charge is 0.242 e. The highest BCUT2D eigenvalue weighted by molar-refractivity contribution is 5.86. The summed E-state index contributed by atoms with van der Waals surface area (Å²) in [6.45, 7) is 4.76. The van der Waals surface area contributed by atoms with Crippen LogP contribution in [0, 0.1) is 5.92 Å². The van der Waals surface area contributed by atoms with E-state index < -0.39 is 5.54 Å². The maximum atomic E-state index is 12.2. The standard InChI is InChI=1S/C11H20N2O2/c1-11(12,9-3-4-9)10(14)13-5-2-7-15-8-6-13/h9H,2-8,12H2,1H3. The van der Waals surface area contributed by atoms with Crippen LogP contribution in [0.5, 0.6) is 0 Å². The third-order valence-corrected chi connectivity index (χ3v) is 3.40. The molecule has 2 N–H and O–H groups in total. The molecule has 2 fully saturated rings. The average molecular weight is 212 g/mol. The summed E-state index contributed by atoms with van der Waals surface area (Å²) >= 11 is 0. The fourth-order valence-electron chi connectivity index (χ4n) is 2.15. The molecule has 0 bridgehead atoms. The van der Waals surface area contributed by atoms with Crippen molar-refractivity contribution in [3.05, 3.63) is 0 Å². The van der Waals surface area contributed by atoms with E-state index in [1.54, 1.807) is 0 Å². The summed E-state index contributed by atoms with van der Waals surface area (Å²) in [5.74, 6) is 0.504.